The Bertz CT molecular complexity index is 931. The van der Waals surface area contributed by atoms with Gasteiger partial charge in [0, 0.05) is 6.42 Å². The standard InChI is InChI=1S/C28H43NO10/c1-7-8-9-10-25(30)34-17-20(6)37-26(31)22(29)13-21-11-12-23(38-27(32)35-15-18(2)3)24(14-21)39-28(33)36-16-19(4)5/h11-12,14,18-20,22H,7-10,13,15-17,29H2,1-6H3/t20-,22-/m0/s1. The topological polar surface area (TPSA) is 150 Å². The van der Waals surface area contributed by atoms with Crippen LogP contribution in [0.1, 0.15) is 72.8 Å². The number of ether oxygens (including phenoxy) is 6. The first-order valence-corrected chi connectivity index (χ1v) is 13.3. The lowest BCUT2D eigenvalue weighted by atomic mass is 10.1. The Kier molecular flexibility index (Phi) is 15.6. The predicted molar refractivity (Wildman–Crippen MR) is 142 cm³/mol. The molecule has 1 rings (SSSR count). The highest BCUT2D eigenvalue weighted by Crippen LogP contribution is 2.30. The normalized spacial score (nSPS) is 12.4. The number of nitrogens with two attached hydrogens (primary N) is 1. The second-order valence-corrected chi connectivity index (χ2v) is 10.1. The van der Waals surface area contributed by atoms with Gasteiger partial charge in [-0.2, -0.15) is 0 Å². The van der Waals surface area contributed by atoms with Gasteiger partial charge in [-0.15, -0.1) is 0 Å². The molecule has 2 atom stereocenters. The smallest absolute Gasteiger partial charge is 0.462 e. The maximum Gasteiger partial charge on any atom is 0.513 e. The molecular weight excluding hydrogens is 510 g/mol. The average molecular weight is 554 g/mol. The molecule has 220 valence electrons. The molecule has 0 aromatic heterocycles. The van der Waals surface area contributed by atoms with Crippen LogP contribution in [0.2, 0.25) is 0 Å². The fourth-order valence-corrected chi connectivity index (χ4v) is 3.01. The molecule has 1 aromatic rings. The molecule has 0 fully saturated rings. The number of benzene rings is 1. The summed E-state index contributed by atoms with van der Waals surface area (Å²) in [5, 5.41) is 0. The van der Waals surface area contributed by atoms with Gasteiger partial charge in [-0.1, -0.05) is 53.5 Å². The van der Waals surface area contributed by atoms with Gasteiger partial charge in [-0.25, -0.2) is 9.59 Å². The van der Waals surface area contributed by atoms with E-state index in [1.807, 2.05) is 34.6 Å². The van der Waals surface area contributed by atoms with Crippen molar-refractivity contribution in [3.8, 4) is 11.5 Å². The number of esters is 2. The minimum absolute atomic E-state index is 0.0256. The molecule has 0 aliphatic carbocycles. The molecule has 39 heavy (non-hydrogen) atoms. The first kappa shape index (κ1) is 33.7. The van der Waals surface area contributed by atoms with E-state index in [9.17, 15) is 19.2 Å². The molecule has 2 N–H and O–H groups in total. The van der Waals surface area contributed by atoms with E-state index in [0.717, 1.165) is 19.3 Å². The summed E-state index contributed by atoms with van der Waals surface area (Å²) in [6, 6.07) is 3.31. The average Bonchev–Trinajstić information content (AvgIpc) is 2.86. The lowest BCUT2D eigenvalue weighted by Gasteiger charge is -2.18. The van der Waals surface area contributed by atoms with E-state index in [4.69, 9.17) is 34.2 Å². The van der Waals surface area contributed by atoms with Crippen molar-refractivity contribution in [2.75, 3.05) is 19.8 Å². The minimum atomic E-state index is -1.06. The van der Waals surface area contributed by atoms with Crippen LogP contribution in [0.5, 0.6) is 11.5 Å². The molecule has 0 aliphatic rings. The van der Waals surface area contributed by atoms with Crippen molar-refractivity contribution in [3.05, 3.63) is 23.8 Å². The van der Waals surface area contributed by atoms with Gasteiger partial charge in [0.05, 0.1) is 13.2 Å². The van der Waals surface area contributed by atoms with Crippen LogP contribution < -0.4 is 15.2 Å². The number of carbonyl (C=O) groups excluding carboxylic acids is 4. The molecule has 0 radical (unpaired) electrons. The maximum absolute atomic E-state index is 12.5. The van der Waals surface area contributed by atoms with Crippen molar-refractivity contribution < 1.29 is 47.6 Å². The van der Waals surface area contributed by atoms with E-state index >= 15 is 0 Å². The molecule has 0 spiro atoms. The SMILES string of the molecule is CCCCCC(=O)OC[C@H](C)OC(=O)[C@@H](N)Cc1ccc(OC(=O)OCC(C)C)c(OC(=O)OCC(C)C)c1. The van der Waals surface area contributed by atoms with Gasteiger partial charge >= 0.3 is 24.2 Å². The zero-order valence-electron chi connectivity index (χ0n) is 23.9. The third-order valence-corrected chi connectivity index (χ3v) is 5.00. The molecule has 0 bridgehead atoms. The van der Waals surface area contributed by atoms with E-state index in [2.05, 4.69) is 0 Å². The highest BCUT2D eigenvalue weighted by Gasteiger charge is 2.22. The molecular formula is C28H43NO10. The predicted octanol–water partition coefficient (Wildman–Crippen LogP) is 4.95. The summed E-state index contributed by atoms with van der Waals surface area (Å²) in [6.45, 7) is 11.3. The van der Waals surface area contributed by atoms with Crippen LogP contribution in [0.25, 0.3) is 0 Å². The molecule has 1 aromatic carbocycles. The maximum atomic E-state index is 12.5. The second-order valence-electron chi connectivity index (χ2n) is 10.1. The Balaban J connectivity index is 2.81. The molecule has 11 nitrogen and oxygen atoms in total. The largest absolute Gasteiger partial charge is 0.513 e. The van der Waals surface area contributed by atoms with Crippen LogP contribution >= 0.6 is 0 Å². The van der Waals surface area contributed by atoms with Crippen molar-refractivity contribution in [2.45, 2.75) is 85.8 Å². The highest BCUT2D eigenvalue weighted by atomic mass is 16.7. The number of rotatable bonds is 16. The van der Waals surface area contributed by atoms with Gasteiger partial charge in [0.15, 0.2) is 11.5 Å². The molecule has 11 heteroatoms. The van der Waals surface area contributed by atoms with Gasteiger partial charge in [0.2, 0.25) is 0 Å². The fourth-order valence-electron chi connectivity index (χ4n) is 3.01. The fraction of sp³-hybridized carbons (Fsp3) is 0.643. The second kappa shape index (κ2) is 18.0. The van der Waals surface area contributed by atoms with Crippen LogP contribution in [-0.2, 0) is 35.0 Å². The van der Waals surface area contributed by atoms with Gasteiger partial charge in [-0.05, 0) is 49.3 Å². The Morgan fingerprint density at radius 1 is 0.795 bits per heavy atom. The zero-order chi connectivity index (χ0) is 29.4. The molecule has 0 heterocycles. The Morgan fingerprint density at radius 2 is 1.38 bits per heavy atom. The van der Waals surface area contributed by atoms with Gasteiger partial charge in [0.25, 0.3) is 0 Å². The van der Waals surface area contributed by atoms with Crippen molar-refractivity contribution in [3.63, 3.8) is 0 Å². The summed E-state index contributed by atoms with van der Waals surface area (Å²) in [5.74, 6) is -1.03. The minimum Gasteiger partial charge on any atom is -0.462 e. The lowest BCUT2D eigenvalue weighted by molar-refractivity contribution is -0.159. The summed E-state index contributed by atoms with van der Waals surface area (Å²) in [6.07, 6.45) is 0.404. The Labute approximate surface area is 230 Å². The van der Waals surface area contributed by atoms with E-state index in [1.165, 1.54) is 12.1 Å². The van der Waals surface area contributed by atoms with Crippen LogP contribution in [0.15, 0.2) is 18.2 Å². The number of hydrogen-bond donors (Lipinski definition) is 1. The van der Waals surface area contributed by atoms with Gasteiger partial charge in [-0.3, -0.25) is 9.59 Å². The highest BCUT2D eigenvalue weighted by molar-refractivity contribution is 5.76. The van der Waals surface area contributed by atoms with E-state index in [1.54, 1.807) is 13.0 Å². The number of unbranched alkanes of at least 4 members (excludes halogenated alkanes) is 2. The number of hydrogen-bond acceptors (Lipinski definition) is 11. The van der Waals surface area contributed by atoms with Gasteiger partial charge < -0.3 is 34.2 Å². The summed E-state index contributed by atoms with van der Waals surface area (Å²) < 4.78 is 31.0. The summed E-state index contributed by atoms with van der Waals surface area (Å²) in [4.78, 5) is 48.5. The van der Waals surface area contributed by atoms with Crippen LogP contribution in [0, 0.1) is 11.8 Å². The molecule has 0 aliphatic heterocycles. The van der Waals surface area contributed by atoms with Gasteiger partial charge in [0.1, 0.15) is 18.8 Å². The summed E-state index contributed by atoms with van der Waals surface area (Å²) >= 11 is 0. The number of carbonyl (C=O) groups is 4. The molecule has 0 saturated carbocycles. The van der Waals surface area contributed by atoms with Crippen molar-refractivity contribution >= 4 is 24.2 Å². The first-order valence-electron chi connectivity index (χ1n) is 13.3. The zero-order valence-corrected chi connectivity index (χ0v) is 23.9. The van der Waals surface area contributed by atoms with E-state index < -0.39 is 30.4 Å². The lowest BCUT2D eigenvalue weighted by Crippen LogP contribution is -2.37. The Hall–Kier alpha value is -3.34. The van der Waals surface area contributed by atoms with Crippen LogP contribution in [0.3, 0.4) is 0 Å². The third-order valence-electron chi connectivity index (χ3n) is 5.00. The molecule has 0 saturated heterocycles. The summed E-state index contributed by atoms with van der Waals surface area (Å²) in [5.41, 5.74) is 6.54. The first-order chi connectivity index (χ1) is 18.4. The Morgan fingerprint density at radius 3 is 1.95 bits per heavy atom. The van der Waals surface area contributed by atoms with Crippen LogP contribution in [0.4, 0.5) is 9.59 Å². The van der Waals surface area contributed by atoms with E-state index in [0.29, 0.717) is 12.0 Å². The quantitative estimate of drug-likeness (QED) is 0.128. The molecule has 0 amide bonds. The van der Waals surface area contributed by atoms with Crippen molar-refractivity contribution in [2.24, 2.45) is 17.6 Å². The van der Waals surface area contributed by atoms with Crippen molar-refractivity contribution in [1.82, 2.24) is 0 Å². The molecule has 0 unspecified atom stereocenters. The van der Waals surface area contributed by atoms with Crippen LogP contribution in [-0.4, -0.2) is 56.2 Å². The van der Waals surface area contributed by atoms with E-state index in [-0.39, 0.29) is 55.5 Å². The van der Waals surface area contributed by atoms with Crippen molar-refractivity contribution in [1.29, 1.82) is 0 Å². The summed E-state index contributed by atoms with van der Waals surface area (Å²) in [7, 11) is 0. The monoisotopic (exact) mass is 553 g/mol. The third kappa shape index (κ3) is 15.0.